The van der Waals surface area contributed by atoms with Gasteiger partial charge in [0.2, 0.25) is 0 Å². The van der Waals surface area contributed by atoms with Crippen molar-refractivity contribution in [1.82, 2.24) is 0 Å². The Labute approximate surface area is 131 Å². The summed E-state index contributed by atoms with van der Waals surface area (Å²) in [6.07, 6.45) is 0. The van der Waals surface area contributed by atoms with Crippen molar-refractivity contribution in [3.8, 4) is 5.75 Å². The van der Waals surface area contributed by atoms with Crippen molar-refractivity contribution in [3.05, 3.63) is 58.1 Å². The third kappa shape index (κ3) is 4.79. The highest BCUT2D eigenvalue weighted by Crippen LogP contribution is 2.19. The molecule has 0 aliphatic rings. The van der Waals surface area contributed by atoms with Crippen LogP contribution in [0.4, 0.5) is 5.69 Å². The molecule has 0 amide bonds. The van der Waals surface area contributed by atoms with E-state index in [-0.39, 0.29) is 5.56 Å². The minimum absolute atomic E-state index is 0.242. The molecule has 0 saturated heterocycles. The van der Waals surface area contributed by atoms with Gasteiger partial charge in [-0.2, -0.15) is 0 Å². The summed E-state index contributed by atoms with van der Waals surface area (Å²) in [6.45, 7) is 3.10. The molecular formula is C16H16BrNO3. The zero-order chi connectivity index (χ0) is 15.2. The Balaban J connectivity index is 1.87. The molecule has 0 aliphatic heterocycles. The summed E-state index contributed by atoms with van der Waals surface area (Å²) in [7, 11) is 0. The zero-order valence-corrected chi connectivity index (χ0v) is 13.2. The fourth-order valence-electron chi connectivity index (χ4n) is 1.88. The molecule has 0 aromatic heterocycles. The molecule has 110 valence electrons. The molecule has 21 heavy (non-hydrogen) atoms. The molecule has 0 radical (unpaired) electrons. The third-order valence-corrected chi connectivity index (χ3v) is 3.29. The Bertz CT molecular complexity index is 643. The number of carboxylic acid groups (broad SMARTS) is 1. The summed E-state index contributed by atoms with van der Waals surface area (Å²) in [6, 6.07) is 12.8. The average Bonchev–Trinajstić information content (AvgIpc) is 2.43. The van der Waals surface area contributed by atoms with E-state index >= 15 is 0 Å². The third-order valence-electron chi connectivity index (χ3n) is 2.83. The molecule has 0 unspecified atom stereocenters. The summed E-state index contributed by atoms with van der Waals surface area (Å²) in [5.41, 5.74) is 2.14. The van der Waals surface area contributed by atoms with E-state index in [1.807, 2.05) is 37.3 Å². The second kappa shape index (κ2) is 7.13. The van der Waals surface area contributed by atoms with Gasteiger partial charge in [-0.05, 0) is 42.8 Å². The summed E-state index contributed by atoms with van der Waals surface area (Å²) < 4.78 is 6.35. The number of aryl methyl sites for hydroxylation is 1. The lowest BCUT2D eigenvalue weighted by molar-refractivity contribution is 0.0697. The van der Waals surface area contributed by atoms with Gasteiger partial charge in [-0.25, -0.2) is 4.79 Å². The van der Waals surface area contributed by atoms with E-state index in [9.17, 15) is 4.79 Å². The van der Waals surface area contributed by atoms with Gasteiger partial charge in [-0.1, -0.05) is 28.1 Å². The van der Waals surface area contributed by atoms with Crippen LogP contribution in [-0.2, 0) is 0 Å². The summed E-state index contributed by atoms with van der Waals surface area (Å²) in [5.74, 6) is -0.118. The molecule has 2 aromatic carbocycles. The number of rotatable bonds is 6. The molecule has 0 saturated carbocycles. The first-order chi connectivity index (χ1) is 10.0. The van der Waals surface area contributed by atoms with Crippen molar-refractivity contribution in [3.63, 3.8) is 0 Å². The van der Waals surface area contributed by atoms with Gasteiger partial charge < -0.3 is 15.2 Å². The monoisotopic (exact) mass is 349 g/mol. The van der Waals surface area contributed by atoms with Crippen LogP contribution in [0, 0.1) is 6.92 Å². The molecule has 5 heteroatoms. The van der Waals surface area contributed by atoms with Crippen LogP contribution < -0.4 is 10.1 Å². The van der Waals surface area contributed by atoms with Crippen LogP contribution in [0.1, 0.15) is 15.9 Å². The van der Waals surface area contributed by atoms with Gasteiger partial charge in [0.25, 0.3) is 0 Å². The van der Waals surface area contributed by atoms with E-state index < -0.39 is 5.97 Å². The lowest BCUT2D eigenvalue weighted by atomic mass is 10.2. The predicted molar refractivity (Wildman–Crippen MR) is 86.3 cm³/mol. The molecular weight excluding hydrogens is 334 g/mol. The summed E-state index contributed by atoms with van der Waals surface area (Å²) in [5, 5.41) is 12.2. The fraction of sp³-hybridized carbons (Fsp3) is 0.188. The second-order valence-corrected chi connectivity index (χ2v) is 5.54. The summed E-state index contributed by atoms with van der Waals surface area (Å²) >= 11 is 3.30. The average molecular weight is 350 g/mol. The number of nitrogens with one attached hydrogen (secondary N) is 1. The topological polar surface area (TPSA) is 58.6 Å². The first-order valence-corrected chi connectivity index (χ1v) is 7.31. The normalized spacial score (nSPS) is 10.2. The Morgan fingerprint density at radius 3 is 2.81 bits per heavy atom. The molecule has 0 bridgehead atoms. The molecule has 0 spiro atoms. The molecule has 4 nitrogen and oxygen atoms in total. The first-order valence-electron chi connectivity index (χ1n) is 6.52. The van der Waals surface area contributed by atoms with Gasteiger partial charge in [0.15, 0.2) is 0 Å². The maximum atomic E-state index is 11.0. The van der Waals surface area contributed by atoms with Crippen LogP contribution in [0.2, 0.25) is 0 Å². The highest BCUT2D eigenvalue weighted by molar-refractivity contribution is 9.10. The Kier molecular flexibility index (Phi) is 5.22. The van der Waals surface area contributed by atoms with E-state index in [4.69, 9.17) is 9.84 Å². The fourth-order valence-corrected chi connectivity index (χ4v) is 2.38. The van der Waals surface area contributed by atoms with Gasteiger partial charge >= 0.3 is 5.97 Å². The molecule has 0 atom stereocenters. The number of halogens is 1. The quantitative estimate of drug-likeness (QED) is 0.775. The molecule has 0 heterocycles. The molecule has 2 aromatic rings. The van der Waals surface area contributed by atoms with Gasteiger partial charge in [0.1, 0.15) is 12.4 Å². The van der Waals surface area contributed by atoms with Crippen molar-refractivity contribution in [1.29, 1.82) is 0 Å². The minimum Gasteiger partial charge on any atom is -0.492 e. The van der Waals surface area contributed by atoms with Crippen LogP contribution in [0.15, 0.2) is 46.9 Å². The largest absolute Gasteiger partial charge is 0.492 e. The highest BCUT2D eigenvalue weighted by Gasteiger charge is 2.05. The molecule has 0 aliphatic carbocycles. The lowest BCUT2D eigenvalue weighted by Crippen LogP contribution is -2.12. The van der Waals surface area contributed by atoms with Gasteiger partial charge in [0.05, 0.1) is 5.56 Å². The molecule has 0 fully saturated rings. The SMILES string of the molecule is Cc1cccc(OCCNc2cc(Br)cc(C(=O)O)c2)c1. The van der Waals surface area contributed by atoms with Crippen molar-refractivity contribution >= 4 is 27.6 Å². The van der Waals surface area contributed by atoms with Crippen molar-refractivity contribution < 1.29 is 14.6 Å². The van der Waals surface area contributed by atoms with E-state index in [2.05, 4.69) is 21.2 Å². The van der Waals surface area contributed by atoms with E-state index in [0.717, 1.165) is 21.5 Å². The van der Waals surface area contributed by atoms with Crippen LogP contribution >= 0.6 is 15.9 Å². The number of benzene rings is 2. The number of carbonyl (C=O) groups is 1. The van der Waals surface area contributed by atoms with Crippen LogP contribution in [0.3, 0.4) is 0 Å². The van der Waals surface area contributed by atoms with Gasteiger partial charge in [-0.3, -0.25) is 0 Å². The first kappa shape index (κ1) is 15.4. The van der Waals surface area contributed by atoms with Crippen molar-refractivity contribution in [2.75, 3.05) is 18.5 Å². The number of carboxylic acids is 1. The predicted octanol–water partition coefficient (Wildman–Crippen LogP) is 3.95. The van der Waals surface area contributed by atoms with E-state index in [0.29, 0.717) is 13.2 Å². The maximum absolute atomic E-state index is 11.0. The van der Waals surface area contributed by atoms with Crippen molar-refractivity contribution in [2.24, 2.45) is 0 Å². The van der Waals surface area contributed by atoms with E-state index in [1.54, 1.807) is 12.1 Å². The van der Waals surface area contributed by atoms with Crippen LogP contribution in [-0.4, -0.2) is 24.2 Å². The Morgan fingerprint density at radius 1 is 1.29 bits per heavy atom. The number of hydrogen-bond acceptors (Lipinski definition) is 3. The number of anilines is 1. The lowest BCUT2D eigenvalue weighted by Gasteiger charge is -2.10. The number of ether oxygens (including phenoxy) is 1. The van der Waals surface area contributed by atoms with Crippen molar-refractivity contribution in [2.45, 2.75) is 6.92 Å². The molecule has 2 rings (SSSR count). The molecule has 2 N–H and O–H groups in total. The summed E-state index contributed by atoms with van der Waals surface area (Å²) in [4.78, 5) is 11.0. The standard InChI is InChI=1S/C16H16BrNO3/c1-11-3-2-4-15(7-11)21-6-5-18-14-9-12(16(19)20)8-13(17)10-14/h2-4,7-10,18H,5-6H2,1H3,(H,19,20). The second-order valence-electron chi connectivity index (χ2n) is 4.63. The smallest absolute Gasteiger partial charge is 0.335 e. The van der Waals surface area contributed by atoms with Gasteiger partial charge in [0, 0.05) is 16.7 Å². The van der Waals surface area contributed by atoms with Crippen LogP contribution in [0.5, 0.6) is 5.75 Å². The van der Waals surface area contributed by atoms with Crippen LogP contribution in [0.25, 0.3) is 0 Å². The van der Waals surface area contributed by atoms with Gasteiger partial charge in [-0.15, -0.1) is 0 Å². The van der Waals surface area contributed by atoms with E-state index in [1.165, 1.54) is 0 Å². The zero-order valence-electron chi connectivity index (χ0n) is 11.6. The minimum atomic E-state index is -0.949. The number of aromatic carboxylic acids is 1. The number of hydrogen-bond donors (Lipinski definition) is 2. The highest BCUT2D eigenvalue weighted by atomic mass is 79.9. The Hall–Kier alpha value is -2.01. The maximum Gasteiger partial charge on any atom is 0.335 e. The Morgan fingerprint density at radius 2 is 2.10 bits per heavy atom.